The van der Waals surface area contributed by atoms with Gasteiger partial charge in [0.15, 0.2) is 0 Å². The molecule has 82 valence electrons. The predicted octanol–water partition coefficient (Wildman–Crippen LogP) is 2.33. The molecule has 2 nitrogen and oxygen atoms in total. The molecular formula is C12H23NO. The van der Waals surface area contributed by atoms with Gasteiger partial charge in [0.05, 0.1) is 12.2 Å². The summed E-state index contributed by atoms with van der Waals surface area (Å²) >= 11 is 0. The van der Waals surface area contributed by atoms with Crippen LogP contribution in [0.3, 0.4) is 0 Å². The van der Waals surface area contributed by atoms with E-state index in [1.807, 2.05) is 0 Å². The van der Waals surface area contributed by atoms with Crippen molar-refractivity contribution in [2.45, 2.75) is 64.6 Å². The van der Waals surface area contributed by atoms with Crippen molar-refractivity contribution in [2.24, 2.45) is 5.41 Å². The Bertz CT molecular complexity index is 214. The highest BCUT2D eigenvalue weighted by Crippen LogP contribution is 2.40. The van der Waals surface area contributed by atoms with Gasteiger partial charge in [-0.25, -0.2) is 0 Å². The summed E-state index contributed by atoms with van der Waals surface area (Å²) < 4.78 is 5.71. The Hall–Kier alpha value is -0.0800. The van der Waals surface area contributed by atoms with E-state index in [-0.39, 0.29) is 5.60 Å². The maximum Gasteiger partial charge on any atom is 0.0643 e. The van der Waals surface area contributed by atoms with Crippen molar-refractivity contribution in [3.05, 3.63) is 0 Å². The van der Waals surface area contributed by atoms with Crippen molar-refractivity contribution in [2.75, 3.05) is 6.61 Å². The van der Waals surface area contributed by atoms with E-state index in [9.17, 15) is 0 Å². The second kappa shape index (κ2) is 3.21. The van der Waals surface area contributed by atoms with Crippen LogP contribution in [0, 0.1) is 5.41 Å². The zero-order valence-corrected chi connectivity index (χ0v) is 9.89. The standard InChI is InChI=1S/C12H23NO/c1-11(2)5-9(6-11)13-10-7-12(3,4)14-8-10/h9-10,13H,5-8H2,1-4H3. The summed E-state index contributed by atoms with van der Waals surface area (Å²) in [5.41, 5.74) is 0.670. The van der Waals surface area contributed by atoms with Gasteiger partial charge in [-0.05, 0) is 38.5 Å². The van der Waals surface area contributed by atoms with Gasteiger partial charge < -0.3 is 10.1 Å². The number of nitrogens with one attached hydrogen (secondary N) is 1. The molecule has 2 fully saturated rings. The lowest BCUT2D eigenvalue weighted by molar-refractivity contribution is 0.0346. The Kier molecular flexibility index (Phi) is 2.39. The lowest BCUT2D eigenvalue weighted by Gasteiger charge is -2.44. The first-order valence-electron chi connectivity index (χ1n) is 5.76. The molecule has 14 heavy (non-hydrogen) atoms. The average Bonchev–Trinajstić information content (AvgIpc) is 2.26. The van der Waals surface area contributed by atoms with Gasteiger partial charge in [-0.3, -0.25) is 0 Å². The molecule has 1 atom stereocenters. The van der Waals surface area contributed by atoms with E-state index in [2.05, 4.69) is 33.0 Å². The Balaban J connectivity index is 1.73. The summed E-state index contributed by atoms with van der Waals surface area (Å²) in [6.45, 7) is 9.95. The molecule has 1 aliphatic carbocycles. The highest BCUT2D eigenvalue weighted by molar-refractivity contribution is 4.95. The van der Waals surface area contributed by atoms with Crippen LogP contribution in [-0.4, -0.2) is 24.3 Å². The lowest BCUT2D eigenvalue weighted by atomic mass is 9.68. The zero-order valence-electron chi connectivity index (χ0n) is 9.89. The van der Waals surface area contributed by atoms with Gasteiger partial charge in [0.2, 0.25) is 0 Å². The topological polar surface area (TPSA) is 21.3 Å². The van der Waals surface area contributed by atoms with Crippen molar-refractivity contribution >= 4 is 0 Å². The number of hydrogen-bond donors (Lipinski definition) is 1. The highest BCUT2D eigenvalue weighted by atomic mass is 16.5. The van der Waals surface area contributed by atoms with Crippen LogP contribution in [0.4, 0.5) is 0 Å². The van der Waals surface area contributed by atoms with Gasteiger partial charge in [0.1, 0.15) is 0 Å². The lowest BCUT2D eigenvalue weighted by Crippen LogP contribution is -2.50. The smallest absolute Gasteiger partial charge is 0.0643 e. The quantitative estimate of drug-likeness (QED) is 0.733. The maximum atomic E-state index is 5.71. The first kappa shape index (κ1) is 10.4. The number of rotatable bonds is 2. The van der Waals surface area contributed by atoms with Crippen LogP contribution in [0.25, 0.3) is 0 Å². The second-order valence-electron chi connectivity index (χ2n) is 6.41. The van der Waals surface area contributed by atoms with E-state index in [0.29, 0.717) is 11.5 Å². The number of ether oxygens (including phenoxy) is 1. The van der Waals surface area contributed by atoms with Crippen molar-refractivity contribution in [3.63, 3.8) is 0 Å². The summed E-state index contributed by atoms with van der Waals surface area (Å²) in [5, 5.41) is 3.70. The molecule has 0 aromatic heterocycles. The minimum absolute atomic E-state index is 0.0942. The fraction of sp³-hybridized carbons (Fsp3) is 1.00. The normalized spacial score (nSPS) is 35.6. The summed E-state index contributed by atoms with van der Waals surface area (Å²) in [4.78, 5) is 0. The van der Waals surface area contributed by atoms with E-state index in [1.165, 1.54) is 12.8 Å². The molecule has 1 saturated heterocycles. The van der Waals surface area contributed by atoms with Gasteiger partial charge in [-0.2, -0.15) is 0 Å². The summed E-state index contributed by atoms with van der Waals surface area (Å²) in [5.74, 6) is 0. The third-order valence-electron chi connectivity index (χ3n) is 3.48. The molecule has 1 N–H and O–H groups in total. The Morgan fingerprint density at radius 3 is 2.07 bits per heavy atom. The number of hydrogen-bond acceptors (Lipinski definition) is 2. The first-order chi connectivity index (χ1) is 6.36. The van der Waals surface area contributed by atoms with Crippen LogP contribution in [0.1, 0.15) is 47.0 Å². The molecule has 0 radical (unpaired) electrons. The minimum atomic E-state index is 0.0942. The molecular weight excluding hydrogens is 174 g/mol. The van der Waals surface area contributed by atoms with Gasteiger partial charge in [0.25, 0.3) is 0 Å². The minimum Gasteiger partial charge on any atom is -0.374 e. The molecule has 2 rings (SSSR count). The van der Waals surface area contributed by atoms with Crippen molar-refractivity contribution in [3.8, 4) is 0 Å². The predicted molar refractivity (Wildman–Crippen MR) is 58.4 cm³/mol. The van der Waals surface area contributed by atoms with E-state index in [0.717, 1.165) is 19.1 Å². The Morgan fingerprint density at radius 1 is 1.00 bits per heavy atom. The van der Waals surface area contributed by atoms with E-state index in [1.54, 1.807) is 0 Å². The molecule has 0 spiro atoms. The van der Waals surface area contributed by atoms with Crippen molar-refractivity contribution < 1.29 is 4.74 Å². The molecule has 0 amide bonds. The largest absolute Gasteiger partial charge is 0.374 e. The average molecular weight is 197 g/mol. The second-order valence-corrected chi connectivity index (χ2v) is 6.41. The van der Waals surface area contributed by atoms with Gasteiger partial charge >= 0.3 is 0 Å². The summed E-state index contributed by atoms with van der Waals surface area (Å²) in [6.07, 6.45) is 3.80. The Labute approximate surface area is 87.4 Å². The Morgan fingerprint density at radius 2 is 1.64 bits per heavy atom. The molecule has 0 bridgehead atoms. The maximum absolute atomic E-state index is 5.71. The van der Waals surface area contributed by atoms with Crippen molar-refractivity contribution in [1.82, 2.24) is 5.32 Å². The third kappa shape index (κ3) is 2.29. The summed E-state index contributed by atoms with van der Waals surface area (Å²) in [6, 6.07) is 1.33. The molecule has 2 aliphatic rings. The van der Waals surface area contributed by atoms with Crippen molar-refractivity contribution in [1.29, 1.82) is 0 Å². The molecule has 1 unspecified atom stereocenters. The molecule has 0 aromatic carbocycles. The third-order valence-corrected chi connectivity index (χ3v) is 3.48. The zero-order chi connectivity index (χ0) is 10.4. The fourth-order valence-electron chi connectivity index (χ4n) is 2.87. The van der Waals surface area contributed by atoms with E-state index in [4.69, 9.17) is 4.74 Å². The van der Waals surface area contributed by atoms with E-state index >= 15 is 0 Å². The SMILES string of the molecule is CC1(C)CC(NC2COC(C)(C)C2)C1. The monoisotopic (exact) mass is 197 g/mol. The molecule has 1 aliphatic heterocycles. The van der Waals surface area contributed by atoms with Crippen LogP contribution >= 0.6 is 0 Å². The first-order valence-corrected chi connectivity index (χ1v) is 5.76. The van der Waals surface area contributed by atoms with Crippen LogP contribution in [0.5, 0.6) is 0 Å². The molecule has 1 heterocycles. The van der Waals surface area contributed by atoms with Crippen LogP contribution < -0.4 is 5.32 Å². The summed E-state index contributed by atoms with van der Waals surface area (Å²) in [7, 11) is 0. The fourth-order valence-corrected chi connectivity index (χ4v) is 2.87. The molecule has 1 saturated carbocycles. The van der Waals surface area contributed by atoms with Crippen LogP contribution in [-0.2, 0) is 4.74 Å². The van der Waals surface area contributed by atoms with Crippen LogP contribution in [0.2, 0.25) is 0 Å². The molecule has 2 heteroatoms. The molecule has 0 aromatic rings. The van der Waals surface area contributed by atoms with Gasteiger partial charge in [-0.1, -0.05) is 13.8 Å². The van der Waals surface area contributed by atoms with Gasteiger partial charge in [-0.15, -0.1) is 0 Å². The van der Waals surface area contributed by atoms with E-state index < -0.39 is 0 Å². The highest BCUT2D eigenvalue weighted by Gasteiger charge is 2.39. The van der Waals surface area contributed by atoms with Crippen LogP contribution in [0.15, 0.2) is 0 Å². The van der Waals surface area contributed by atoms with Gasteiger partial charge in [0, 0.05) is 12.1 Å².